The molecular weight excluding hydrogens is 324 g/mol. The number of amides is 2. The SMILES string of the molecule is CC(C)c1ccc(/C=N\NC(=O)N/N=C/c2ccc(C(C)C)cc2)cc1. The Balaban J connectivity index is 1.79. The van der Waals surface area contributed by atoms with Crippen molar-refractivity contribution < 1.29 is 4.79 Å². The van der Waals surface area contributed by atoms with Crippen LogP contribution in [0.1, 0.15) is 61.8 Å². The summed E-state index contributed by atoms with van der Waals surface area (Å²) in [5.74, 6) is 0.980. The molecule has 2 N–H and O–H groups in total. The second kappa shape index (κ2) is 9.51. The van der Waals surface area contributed by atoms with E-state index in [0.29, 0.717) is 11.8 Å². The highest BCUT2D eigenvalue weighted by molar-refractivity contribution is 5.83. The van der Waals surface area contributed by atoms with Crippen LogP contribution in [0.25, 0.3) is 0 Å². The summed E-state index contributed by atoms with van der Waals surface area (Å²) in [6.45, 7) is 8.59. The van der Waals surface area contributed by atoms with E-state index in [2.05, 4.69) is 73.0 Å². The van der Waals surface area contributed by atoms with Gasteiger partial charge in [0, 0.05) is 0 Å². The minimum atomic E-state index is -0.491. The fourth-order valence-corrected chi connectivity index (χ4v) is 2.29. The first-order chi connectivity index (χ1) is 12.5. The Hall–Kier alpha value is -2.95. The molecule has 0 spiro atoms. The standard InChI is InChI=1S/C21H26N4O/c1-15(2)19-9-5-17(6-10-19)13-22-24-21(26)25-23-14-18-7-11-20(12-8-18)16(3)4/h5-16H,1-4H3,(H2,24,25,26)/b22-13-,23-14+. The normalized spacial score (nSPS) is 11.6. The largest absolute Gasteiger partial charge is 0.355 e. The van der Waals surface area contributed by atoms with Gasteiger partial charge in [-0.1, -0.05) is 76.2 Å². The van der Waals surface area contributed by atoms with Gasteiger partial charge < -0.3 is 0 Å². The van der Waals surface area contributed by atoms with E-state index in [1.54, 1.807) is 12.4 Å². The monoisotopic (exact) mass is 350 g/mol. The van der Waals surface area contributed by atoms with Crippen LogP contribution in [0.3, 0.4) is 0 Å². The number of carbonyl (C=O) groups excluding carboxylic acids is 1. The molecule has 0 aliphatic carbocycles. The summed E-state index contributed by atoms with van der Waals surface area (Å²) in [6, 6.07) is 15.6. The topological polar surface area (TPSA) is 65.8 Å². The van der Waals surface area contributed by atoms with Gasteiger partial charge >= 0.3 is 6.03 Å². The minimum absolute atomic E-state index is 0.490. The lowest BCUT2D eigenvalue weighted by Crippen LogP contribution is -2.28. The molecule has 0 atom stereocenters. The summed E-state index contributed by atoms with van der Waals surface area (Å²) in [5.41, 5.74) is 9.14. The van der Waals surface area contributed by atoms with E-state index >= 15 is 0 Å². The molecular formula is C21H26N4O. The van der Waals surface area contributed by atoms with Crippen LogP contribution in [0.5, 0.6) is 0 Å². The lowest BCUT2D eigenvalue weighted by Gasteiger charge is -2.04. The van der Waals surface area contributed by atoms with E-state index in [1.807, 2.05) is 24.3 Å². The second-order valence-electron chi connectivity index (χ2n) is 6.71. The van der Waals surface area contributed by atoms with Crippen LogP contribution in [0, 0.1) is 0 Å². The van der Waals surface area contributed by atoms with Crippen molar-refractivity contribution in [2.24, 2.45) is 10.2 Å². The fraction of sp³-hybridized carbons (Fsp3) is 0.286. The summed E-state index contributed by atoms with van der Waals surface area (Å²) < 4.78 is 0. The van der Waals surface area contributed by atoms with Gasteiger partial charge in [0.2, 0.25) is 0 Å². The summed E-state index contributed by atoms with van der Waals surface area (Å²) in [5, 5.41) is 7.82. The molecule has 0 aromatic heterocycles. The van der Waals surface area contributed by atoms with Gasteiger partial charge in [-0.3, -0.25) is 0 Å². The summed E-state index contributed by atoms with van der Waals surface area (Å²) in [4.78, 5) is 11.7. The summed E-state index contributed by atoms with van der Waals surface area (Å²) in [7, 11) is 0. The van der Waals surface area contributed by atoms with Crippen LogP contribution in [0.4, 0.5) is 4.79 Å². The van der Waals surface area contributed by atoms with Gasteiger partial charge in [-0.25, -0.2) is 15.6 Å². The van der Waals surface area contributed by atoms with E-state index in [9.17, 15) is 4.79 Å². The zero-order valence-electron chi connectivity index (χ0n) is 15.7. The molecule has 0 unspecified atom stereocenters. The molecule has 0 radical (unpaired) electrons. The first kappa shape index (κ1) is 19.4. The zero-order chi connectivity index (χ0) is 18.9. The Labute approximate surface area is 155 Å². The second-order valence-corrected chi connectivity index (χ2v) is 6.71. The quantitative estimate of drug-likeness (QED) is 0.580. The van der Waals surface area contributed by atoms with Crippen molar-refractivity contribution in [3.05, 3.63) is 70.8 Å². The molecule has 2 rings (SSSR count). The molecule has 26 heavy (non-hydrogen) atoms. The predicted octanol–water partition coefficient (Wildman–Crippen LogP) is 4.60. The molecule has 5 heteroatoms. The van der Waals surface area contributed by atoms with Gasteiger partial charge in [-0.2, -0.15) is 10.2 Å². The maximum atomic E-state index is 11.7. The van der Waals surface area contributed by atoms with Crippen molar-refractivity contribution >= 4 is 18.5 Å². The van der Waals surface area contributed by atoms with Crippen molar-refractivity contribution in [1.82, 2.24) is 10.9 Å². The van der Waals surface area contributed by atoms with Crippen molar-refractivity contribution in [2.45, 2.75) is 39.5 Å². The first-order valence-electron chi connectivity index (χ1n) is 8.77. The predicted molar refractivity (Wildman–Crippen MR) is 108 cm³/mol. The zero-order valence-corrected chi connectivity index (χ0v) is 15.7. The molecule has 0 saturated heterocycles. The molecule has 0 bridgehead atoms. The third-order valence-corrected chi connectivity index (χ3v) is 3.97. The van der Waals surface area contributed by atoms with E-state index in [4.69, 9.17) is 0 Å². The van der Waals surface area contributed by atoms with Crippen molar-refractivity contribution in [3.63, 3.8) is 0 Å². The lowest BCUT2D eigenvalue weighted by molar-refractivity contribution is 0.242. The summed E-state index contributed by atoms with van der Waals surface area (Å²) >= 11 is 0. The van der Waals surface area contributed by atoms with E-state index in [1.165, 1.54) is 11.1 Å². The molecule has 0 heterocycles. The van der Waals surface area contributed by atoms with Gasteiger partial charge in [0.1, 0.15) is 0 Å². The molecule has 0 aliphatic heterocycles. The molecule has 0 fully saturated rings. The van der Waals surface area contributed by atoms with Crippen LogP contribution < -0.4 is 10.9 Å². The third kappa shape index (κ3) is 6.16. The van der Waals surface area contributed by atoms with Crippen LogP contribution in [0.15, 0.2) is 58.7 Å². The maximum Gasteiger partial charge on any atom is 0.355 e. The highest BCUT2D eigenvalue weighted by atomic mass is 16.2. The molecule has 2 aromatic carbocycles. The molecule has 5 nitrogen and oxygen atoms in total. The van der Waals surface area contributed by atoms with E-state index in [0.717, 1.165) is 11.1 Å². The van der Waals surface area contributed by atoms with Crippen LogP contribution in [-0.2, 0) is 0 Å². The van der Waals surface area contributed by atoms with Crippen LogP contribution in [0.2, 0.25) is 0 Å². The van der Waals surface area contributed by atoms with Crippen LogP contribution >= 0.6 is 0 Å². The Morgan fingerprint density at radius 2 is 1.08 bits per heavy atom. The van der Waals surface area contributed by atoms with Crippen LogP contribution in [-0.4, -0.2) is 18.5 Å². The average Bonchev–Trinajstić information content (AvgIpc) is 2.62. The highest BCUT2D eigenvalue weighted by Gasteiger charge is 1.99. The number of hydrazone groups is 2. The third-order valence-electron chi connectivity index (χ3n) is 3.97. The number of rotatable bonds is 6. The van der Waals surface area contributed by atoms with Gasteiger partial charge in [0.05, 0.1) is 12.4 Å². The van der Waals surface area contributed by atoms with Crippen molar-refractivity contribution in [1.29, 1.82) is 0 Å². The number of carbonyl (C=O) groups is 1. The Morgan fingerprint density at radius 1 is 0.731 bits per heavy atom. The van der Waals surface area contributed by atoms with Crippen molar-refractivity contribution in [2.75, 3.05) is 0 Å². The number of nitrogens with one attached hydrogen (secondary N) is 2. The van der Waals surface area contributed by atoms with Crippen molar-refractivity contribution in [3.8, 4) is 0 Å². The number of urea groups is 1. The number of hydrogen-bond donors (Lipinski definition) is 2. The molecule has 2 aromatic rings. The molecule has 2 amide bonds. The Morgan fingerprint density at radius 3 is 1.38 bits per heavy atom. The van der Waals surface area contributed by atoms with Gasteiger partial charge in [0.25, 0.3) is 0 Å². The van der Waals surface area contributed by atoms with Gasteiger partial charge in [-0.15, -0.1) is 0 Å². The Bertz CT molecular complexity index is 694. The smallest absolute Gasteiger partial charge is 0.245 e. The highest BCUT2D eigenvalue weighted by Crippen LogP contribution is 2.14. The van der Waals surface area contributed by atoms with Gasteiger partial charge in [-0.05, 0) is 34.1 Å². The first-order valence-corrected chi connectivity index (χ1v) is 8.77. The number of benzene rings is 2. The summed E-state index contributed by atoms with van der Waals surface area (Å²) in [6.07, 6.45) is 3.19. The number of hydrogen-bond acceptors (Lipinski definition) is 3. The van der Waals surface area contributed by atoms with E-state index < -0.39 is 6.03 Å². The van der Waals surface area contributed by atoms with Gasteiger partial charge in [0.15, 0.2) is 0 Å². The maximum absolute atomic E-state index is 11.7. The minimum Gasteiger partial charge on any atom is -0.245 e. The number of nitrogens with zero attached hydrogens (tertiary/aromatic N) is 2. The van der Waals surface area contributed by atoms with E-state index in [-0.39, 0.29) is 0 Å². The molecule has 0 saturated carbocycles. The molecule has 0 aliphatic rings. The average molecular weight is 350 g/mol. The lowest BCUT2D eigenvalue weighted by atomic mass is 10.0. The molecule has 136 valence electrons. The Kier molecular flexibility index (Phi) is 7.09. The fourth-order valence-electron chi connectivity index (χ4n) is 2.29.